The van der Waals surface area contributed by atoms with E-state index in [2.05, 4.69) is 14.9 Å². The van der Waals surface area contributed by atoms with Gasteiger partial charge < -0.3 is 15.6 Å². The molecule has 0 fully saturated rings. The molecule has 4 nitrogen and oxygen atoms in total. The van der Waals surface area contributed by atoms with E-state index in [9.17, 15) is 0 Å². The normalized spacial score (nSPS) is 10.3. The number of nitrogens with one attached hydrogen (secondary N) is 1. The molecule has 0 unspecified atom stereocenters. The standard InChI is InChI=1S/C14H18N4S/c15-14(19)12-5-1-2-6-13(12)17-7-3-4-9-18-10-8-16-11-18/h1-2,5-6,8,10-11,17H,3-4,7,9H2,(H2,15,19). The average Bonchev–Trinajstić information content (AvgIpc) is 2.92. The van der Waals surface area contributed by atoms with Gasteiger partial charge in [0.1, 0.15) is 4.99 Å². The van der Waals surface area contributed by atoms with E-state index in [1.54, 1.807) is 6.20 Å². The van der Waals surface area contributed by atoms with Crippen molar-refractivity contribution in [2.45, 2.75) is 19.4 Å². The Kier molecular flexibility index (Phi) is 4.92. The van der Waals surface area contributed by atoms with Gasteiger partial charge in [-0.15, -0.1) is 0 Å². The third-order valence-electron chi connectivity index (χ3n) is 2.91. The van der Waals surface area contributed by atoms with Crippen LogP contribution in [0, 0.1) is 0 Å². The molecular formula is C14H18N4S. The molecule has 0 saturated carbocycles. The van der Waals surface area contributed by atoms with Crippen LogP contribution in [0.25, 0.3) is 0 Å². The minimum absolute atomic E-state index is 0.432. The smallest absolute Gasteiger partial charge is 0.106 e. The Labute approximate surface area is 118 Å². The van der Waals surface area contributed by atoms with Crippen molar-refractivity contribution in [2.24, 2.45) is 5.73 Å². The molecule has 0 bridgehead atoms. The zero-order valence-corrected chi connectivity index (χ0v) is 11.6. The van der Waals surface area contributed by atoms with Gasteiger partial charge in [0.2, 0.25) is 0 Å². The van der Waals surface area contributed by atoms with E-state index in [1.165, 1.54) is 0 Å². The Balaban J connectivity index is 1.75. The van der Waals surface area contributed by atoms with Crippen LogP contribution in [0.5, 0.6) is 0 Å². The maximum atomic E-state index is 5.69. The first-order valence-corrected chi connectivity index (χ1v) is 6.76. The van der Waals surface area contributed by atoms with Crippen molar-refractivity contribution in [3.8, 4) is 0 Å². The Morgan fingerprint density at radius 1 is 1.32 bits per heavy atom. The molecule has 0 spiro atoms. The lowest BCUT2D eigenvalue weighted by atomic mass is 10.1. The number of nitrogens with zero attached hydrogens (tertiary/aromatic N) is 2. The second kappa shape index (κ2) is 6.89. The third kappa shape index (κ3) is 4.06. The van der Waals surface area contributed by atoms with Crippen molar-refractivity contribution in [1.82, 2.24) is 9.55 Å². The van der Waals surface area contributed by atoms with Crippen LogP contribution < -0.4 is 11.1 Å². The summed E-state index contributed by atoms with van der Waals surface area (Å²) < 4.78 is 2.09. The minimum Gasteiger partial charge on any atom is -0.389 e. The van der Waals surface area contributed by atoms with Crippen molar-refractivity contribution in [1.29, 1.82) is 0 Å². The number of thiocarbonyl (C=S) groups is 1. The van der Waals surface area contributed by atoms with E-state index in [1.807, 2.05) is 36.8 Å². The summed E-state index contributed by atoms with van der Waals surface area (Å²) in [6.45, 7) is 1.91. The Bertz CT molecular complexity index is 522. The van der Waals surface area contributed by atoms with Crippen LogP contribution in [-0.4, -0.2) is 21.1 Å². The van der Waals surface area contributed by atoms with E-state index in [4.69, 9.17) is 18.0 Å². The lowest BCUT2D eigenvalue weighted by Gasteiger charge is -2.10. The number of hydrogen-bond donors (Lipinski definition) is 2. The molecule has 2 aromatic rings. The molecule has 100 valence electrons. The van der Waals surface area contributed by atoms with Crippen LogP contribution >= 0.6 is 12.2 Å². The van der Waals surface area contributed by atoms with Crippen molar-refractivity contribution in [2.75, 3.05) is 11.9 Å². The molecule has 0 aliphatic heterocycles. The Hall–Kier alpha value is -1.88. The molecule has 0 aliphatic carbocycles. The fourth-order valence-corrected chi connectivity index (χ4v) is 2.09. The maximum Gasteiger partial charge on any atom is 0.106 e. The quantitative estimate of drug-likeness (QED) is 0.601. The number of nitrogens with two attached hydrogens (primary N) is 1. The lowest BCUT2D eigenvalue weighted by Crippen LogP contribution is -2.13. The molecule has 0 radical (unpaired) electrons. The van der Waals surface area contributed by atoms with E-state index in [0.29, 0.717) is 4.99 Å². The van der Waals surface area contributed by atoms with E-state index in [-0.39, 0.29) is 0 Å². The van der Waals surface area contributed by atoms with Gasteiger partial charge in [0.15, 0.2) is 0 Å². The summed E-state index contributed by atoms with van der Waals surface area (Å²) in [5, 5.41) is 3.38. The first-order chi connectivity index (χ1) is 9.27. The van der Waals surface area contributed by atoms with Crippen molar-refractivity contribution >= 4 is 22.9 Å². The highest BCUT2D eigenvalue weighted by molar-refractivity contribution is 7.80. The van der Waals surface area contributed by atoms with Gasteiger partial charge in [-0.3, -0.25) is 0 Å². The molecule has 19 heavy (non-hydrogen) atoms. The van der Waals surface area contributed by atoms with Gasteiger partial charge in [-0.05, 0) is 25.0 Å². The summed E-state index contributed by atoms with van der Waals surface area (Å²) in [6, 6.07) is 7.87. The molecule has 3 N–H and O–H groups in total. The van der Waals surface area contributed by atoms with Gasteiger partial charge in [0.25, 0.3) is 0 Å². The van der Waals surface area contributed by atoms with Crippen molar-refractivity contribution in [3.63, 3.8) is 0 Å². The van der Waals surface area contributed by atoms with Gasteiger partial charge in [0.05, 0.1) is 6.33 Å². The average molecular weight is 274 g/mol. The highest BCUT2D eigenvalue weighted by Crippen LogP contribution is 2.14. The van der Waals surface area contributed by atoms with Gasteiger partial charge in [0, 0.05) is 36.7 Å². The number of aromatic nitrogens is 2. The van der Waals surface area contributed by atoms with Crippen molar-refractivity contribution in [3.05, 3.63) is 48.5 Å². The highest BCUT2D eigenvalue weighted by Gasteiger charge is 2.02. The number of para-hydroxylation sites is 1. The molecule has 1 heterocycles. The van der Waals surface area contributed by atoms with Crippen LogP contribution in [0.2, 0.25) is 0 Å². The zero-order valence-electron chi connectivity index (χ0n) is 10.7. The molecule has 0 amide bonds. The van der Waals surface area contributed by atoms with Gasteiger partial charge >= 0.3 is 0 Å². The molecule has 0 aliphatic rings. The third-order valence-corrected chi connectivity index (χ3v) is 3.13. The van der Waals surface area contributed by atoms with Crippen LogP contribution in [0.4, 0.5) is 5.69 Å². The largest absolute Gasteiger partial charge is 0.389 e. The topological polar surface area (TPSA) is 55.9 Å². The van der Waals surface area contributed by atoms with Gasteiger partial charge in [-0.25, -0.2) is 4.98 Å². The number of benzene rings is 1. The number of anilines is 1. The summed E-state index contributed by atoms with van der Waals surface area (Å²) in [7, 11) is 0. The first kappa shape index (κ1) is 13.5. The van der Waals surface area contributed by atoms with Gasteiger partial charge in [-0.2, -0.15) is 0 Å². The van der Waals surface area contributed by atoms with Crippen LogP contribution in [0.3, 0.4) is 0 Å². The Morgan fingerprint density at radius 3 is 2.89 bits per heavy atom. The fourth-order valence-electron chi connectivity index (χ4n) is 1.91. The second-order valence-electron chi connectivity index (χ2n) is 4.34. The summed E-state index contributed by atoms with van der Waals surface area (Å²) >= 11 is 5.03. The predicted molar refractivity (Wildman–Crippen MR) is 82.3 cm³/mol. The van der Waals surface area contributed by atoms with E-state index < -0.39 is 0 Å². The molecule has 0 atom stereocenters. The zero-order chi connectivity index (χ0) is 13.5. The second-order valence-corrected chi connectivity index (χ2v) is 4.78. The summed E-state index contributed by atoms with van der Waals surface area (Å²) in [6.07, 6.45) is 7.82. The minimum atomic E-state index is 0.432. The predicted octanol–water partition coefficient (Wildman–Crippen LogP) is 2.41. The molecule has 5 heteroatoms. The fraction of sp³-hybridized carbons (Fsp3) is 0.286. The molecule has 1 aromatic heterocycles. The molecule has 0 saturated heterocycles. The van der Waals surface area contributed by atoms with Crippen LogP contribution in [0.1, 0.15) is 18.4 Å². The molecule has 1 aromatic carbocycles. The number of hydrogen-bond acceptors (Lipinski definition) is 3. The van der Waals surface area contributed by atoms with Gasteiger partial charge in [-0.1, -0.05) is 24.4 Å². The molecular weight excluding hydrogens is 256 g/mol. The van der Waals surface area contributed by atoms with Crippen molar-refractivity contribution < 1.29 is 0 Å². The lowest BCUT2D eigenvalue weighted by molar-refractivity contribution is 0.621. The summed E-state index contributed by atoms with van der Waals surface area (Å²) in [5.74, 6) is 0. The Morgan fingerprint density at radius 2 is 2.16 bits per heavy atom. The molecule has 2 rings (SSSR count). The summed E-state index contributed by atoms with van der Waals surface area (Å²) in [5.41, 5.74) is 7.61. The van der Waals surface area contributed by atoms with Crippen LogP contribution in [0.15, 0.2) is 43.0 Å². The van der Waals surface area contributed by atoms with E-state index in [0.717, 1.165) is 37.2 Å². The first-order valence-electron chi connectivity index (χ1n) is 6.36. The number of aryl methyl sites for hydroxylation is 1. The highest BCUT2D eigenvalue weighted by atomic mass is 32.1. The SMILES string of the molecule is NC(=S)c1ccccc1NCCCCn1ccnc1. The maximum absolute atomic E-state index is 5.69. The number of imidazole rings is 1. The summed E-state index contributed by atoms with van der Waals surface area (Å²) in [4.78, 5) is 4.45. The number of rotatable bonds is 7. The number of unbranched alkanes of at least 4 members (excludes halogenated alkanes) is 1. The van der Waals surface area contributed by atoms with E-state index >= 15 is 0 Å². The van der Waals surface area contributed by atoms with Crippen LogP contribution in [-0.2, 0) is 6.54 Å². The monoisotopic (exact) mass is 274 g/mol.